The van der Waals surface area contributed by atoms with E-state index < -0.39 is 35.2 Å². The minimum absolute atomic E-state index is 0.916. The summed E-state index contributed by atoms with van der Waals surface area (Å²) in [4.78, 5) is 39.6. The quantitative estimate of drug-likeness (QED) is 0.0319. The summed E-state index contributed by atoms with van der Waals surface area (Å²) in [7, 11) is 0. The second kappa shape index (κ2) is 49.4. The van der Waals surface area contributed by atoms with E-state index in [1.54, 1.807) is 48.6 Å². The molecular formula is C63H92O6. The van der Waals surface area contributed by atoms with Gasteiger partial charge in [0, 0.05) is 0 Å². The summed E-state index contributed by atoms with van der Waals surface area (Å²) in [5.41, 5.74) is -3.17. The van der Waals surface area contributed by atoms with E-state index in [2.05, 4.69) is 39.0 Å². The van der Waals surface area contributed by atoms with Crippen molar-refractivity contribution in [1.29, 1.82) is 0 Å². The van der Waals surface area contributed by atoms with Gasteiger partial charge in [-0.1, -0.05) is 300 Å². The number of allylic oxidation sites excluding steroid dienone is 27. The van der Waals surface area contributed by atoms with Crippen molar-refractivity contribution in [3.8, 4) is 0 Å². The van der Waals surface area contributed by atoms with Crippen LogP contribution < -0.4 is 0 Å². The highest BCUT2D eigenvalue weighted by Crippen LogP contribution is 2.22. The first-order valence-corrected chi connectivity index (χ1v) is 26.5. The summed E-state index contributed by atoms with van der Waals surface area (Å²) in [6.45, 7) is 6.69. The van der Waals surface area contributed by atoms with Crippen LogP contribution in [0.3, 0.4) is 0 Å². The molecular weight excluding hydrogens is 853 g/mol. The molecule has 2 unspecified atom stereocenters. The van der Waals surface area contributed by atoms with E-state index in [1.807, 2.05) is 72.9 Å². The van der Waals surface area contributed by atoms with Crippen LogP contribution in [0.15, 0.2) is 182 Å². The number of hydrogen-bond donors (Lipinski definition) is 3. The molecule has 6 heteroatoms. The van der Waals surface area contributed by atoms with Crippen LogP contribution in [-0.2, 0) is 14.4 Å². The number of ketones is 3. The van der Waals surface area contributed by atoms with Gasteiger partial charge < -0.3 is 15.3 Å². The van der Waals surface area contributed by atoms with Crippen molar-refractivity contribution in [2.45, 2.75) is 193 Å². The molecule has 6 nitrogen and oxygen atoms in total. The molecule has 3 N–H and O–H groups in total. The molecule has 0 aromatic heterocycles. The normalized spacial score (nSPS) is 15.2. The van der Waals surface area contributed by atoms with Gasteiger partial charge in [-0.25, -0.2) is 0 Å². The van der Waals surface area contributed by atoms with Crippen LogP contribution in [0.1, 0.15) is 175 Å². The maximum Gasteiger partial charge on any atom is 0.193 e. The minimum atomic E-state index is -3.17. The van der Waals surface area contributed by atoms with E-state index in [0.717, 1.165) is 37.5 Å². The molecule has 380 valence electrons. The fourth-order valence-corrected chi connectivity index (χ4v) is 6.95. The first-order chi connectivity index (χ1) is 33.8. The number of aliphatic hydroxyl groups excluding tert-OH is 2. The van der Waals surface area contributed by atoms with Crippen LogP contribution in [0, 0.1) is 0 Å². The molecule has 0 aliphatic carbocycles. The Morgan fingerprint density at radius 2 is 0.536 bits per heavy atom. The minimum Gasteiger partial charge on any atom is -0.381 e. The van der Waals surface area contributed by atoms with Crippen LogP contribution in [0.5, 0.6) is 0 Å². The average Bonchev–Trinajstić information content (AvgIpc) is 3.35. The summed E-state index contributed by atoms with van der Waals surface area (Å²) in [5, 5.41) is 33.6. The van der Waals surface area contributed by atoms with Gasteiger partial charge in [-0.3, -0.25) is 14.4 Å². The number of unbranched alkanes of at least 4 members (excludes halogenated alkanes) is 21. The van der Waals surface area contributed by atoms with Gasteiger partial charge >= 0.3 is 0 Å². The third kappa shape index (κ3) is 38.5. The second-order valence-corrected chi connectivity index (χ2v) is 17.4. The second-order valence-electron chi connectivity index (χ2n) is 17.4. The Kier molecular flexibility index (Phi) is 45.8. The van der Waals surface area contributed by atoms with Crippen molar-refractivity contribution in [3.05, 3.63) is 182 Å². The van der Waals surface area contributed by atoms with Gasteiger partial charge in [0.15, 0.2) is 35.2 Å². The van der Waals surface area contributed by atoms with Gasteiger partial charge in [-0.2, -0.15) is 0 Å². The van der Waals surface area contributed by atoms with E-state index in [4.69, 9.17) is 0 Å². The number of aliphatic hydroxyl groups is 3. The molecule has 0 aliphatic heterocycles. The highest BCUT2D eigenvalue weighted by atomic mass is 16.4. The lowest BCUT2D eigenvalue weighted by molar-refractivity contribution is -0.175. The van der Waals surface area contributed by atoms with Crippen LogP contribution in [0.25, 0.3) is 0 Å². The Morgan fingerprint density at radius 3 is 0.812 bits per heavy atom. The first kappa shape index (κ1) is 64.0. The predicted molar refractivity (Wildman–Crippen MR) is 297 cm³/mol. The molecule has 0 fully saturated rings. The zero-order valence-electron chi connectivity index (χ0n) is 43.0. The van der Waals surface area contributed by atoms with Crippen molar-refractivity contribution in [3.63, 3.8) is 0 Å². The zero-order valence-corrected chi connectivity index (χ0v) is 43.0. The lowest BCUT2D eigenvalue weighted by Crippen LogP contribution is -2.62. The van der Waals surface area contributed by atoms with E-state index in [0.29, 0.717) is 0 Å². The number of carbonyl (C=O) groups is 3. The Morgan fingerprint density at radius 1 is 0.319 bits per heavy atom. The Labute approximate surface area is 420 Å². The van der Waals surface area contributed by atoms with Crippen LogP contribution in [0.2, 0.25) is 0 Å². The largest absolute Gasteiger partial charge is 0.381 e. The molecule has 0 spiro atoms. The van der Waals surface area contributed by atoms with Crippen molar-refractivity contribution in [2.75, 3.05) is 0 Å². The monoisotopic (exact) mass is 945 g/mol. The lowest BCUT2D eigenvalue weighted by Gasteiger charge is -2.32. The van der Waals surface area contributed by atoms with Crippen molar-refractivity contribution < 1.29 is 29.7 Å². The van der Waals surface area contributed by atoms with Crippen LogP contribution >= 0.6 is 0 Å². The molecule has 0 aromatic carbocycles. The summed E-state index contributed by atoms with van der Waals surface area (Å²) in [6.07, 6.45) is 76.5. The van der Waals surface area contributed by atoms with E-state index in [1.165, 1.54) is 159 Å². The Hall–Kier alpha value is -5.01. The standard InChI is InChI=1S/C63H92O6/c1-4-7-10-13-16-19-22-25-28-31-34-37-40-43-46-49-52-55-58(64)61(67)63(69,60(66)57-54-51-48-45-42-39-36-33-30-27-24-21-18-15-12-9-6-3)62(68)59(65)56-53-50-47-44-41-38-35-32-29-26-23-20-17-14-11-8-5-2/h28-57,61-62,67-69H,4-27H2,1-3H3/b31-28+,32-29+,33-30+,37-34+,38-35+,39-36+,43-40+,44-41+,45-42+,49-46+,50-47+,51-48+,55-52+,56-53+,57-54+. The molecule has 69 heavy (non-hydrogen) atoms. The van der Waals surface area contributed by atoms with Crippen molar-refractivity contribution >= 4 is 17.3 Å². The topological polar surface area (TPSA) is 112 Å². The number of hydrogen-bond acceptors (Lipinski definition) is 6. The molecule has 2 atom stereocenters. The van der Waals surface area contributed by atoms with Gasteiger partial charge in [-0.05, 0) is 56.8 Å². The van der Waals surface area contributed by atoms with Crippen molar-refractivity contribution in [1.82, 2.24) is 0 Å². The average molecular weight is 945 g/mol. The lowest BCUT2D eigenvalue weighted by atomic mass is 9.81. The van der Waals surface area contributed by atoms with Gasteiger partial charge in [-0.15, -0.1) is 0 Å². The molecule has 0 heterocycles. The van der Waals surface area contributed by atoms with Gasteiger partial charge in [0.05, 0.1) is 0 Å². The molecule has 0 aliphatic rings. The van der Waals surface area contributed by atoms with Crippen LogP contribution in [-0.4, -0.2) is 50.5 Å². The maximum atomic E-state index is 13.4. The van der Waals surface area contributed by atoms with E-state index >= 15 is 0 Å². The zero-order chi connectivity index (χ0) is 50.6. The van der Waals surface area contributed by atoms with E-state index in [-0.39, 0.29) is 0 Å². The molecule has 0 saturated heterocycles. The Bertz CT molecular complexity index is 1680. The summed E-state index contributed by atoms with van der Waals surface area (Å²) < 4.78 is 0. The SMILES string of the molecule is CCCCCCCCC/C=C/C=C/C=C/C=C/C=C/C(=O)C(O)C(O)(C(=O)/C=C/C=C/C=C/C=C/C=C/CCCCCCCCC)C(O)C(=O)/C=C/C=C/C=C/C=C/C=C/CCCCCCCCC. The molecule has 0 rings (SSSR count). The molecule has 0 bridgehead atoms. The molecule has 0 saturated carbocycles. The molecule has 0 radical (unpaired) electrons. The smallest absolute Gasteiger partial charge is 0.193 e. The highest BCUT2D eigenvalue weighted by molar-refractivity contribution is 6.10. The predicted octanol–water partition coefficient (Wildman–Crippen LogP) is 15.9. The van der Waals surface area contributed by atoms with Gasteiger partial charge in [0.2, 0.25) is 0 Å². The Balaban J connectivity index is 5.52. The fourth-order valence-electron chi connectivity index (χ4n) is 6.95. The third-order valence-electron chi connectivity index (χ3n) is 11.2. The fraction of sp³-hybridized carbons (Fsp3) is 0.476. The molecule has 0 aromatic rings. The highest BCUT2D eigenvalue weighted by Gasteiger charge is 2.53. The summed E-state index contributed by atoms with van der Waals surface area (Å²) in [6, 6.07) is 0. The summed E-state index contributed by atoms with van der Waals surface area (Å²) in [5.74, 6) is -3.35. The van der Waals surface area contributed by atoms with Gasteiger partial charge in [0.1, 0.15) is 0 Å². The third-order valence-corrected chi connectivity index (χ3v) is 11.2. The number of carbonyl (C=O) groups excluding carboxylic acids is 3. The first-order valence-electron chi connectivity index (χ1n) is 26.5. The van der Waals surface area contributed by atoms with Crippen molar-refractivity contribution in [2.24, 2.45) is 0 Å². The van der Waals surface area contributed by atoms with E-state index in [9.17, 15) is 29.7 Å². The molecule has 0 amide bonds. The van der Waals surface area contributed by atoms with Gasteiger partial charge in [0.25, 0.3) is 0 Å². The maximum absolute atomic E-state index is 13.4. The number of rotatable bonds is 44. The summed E-state index contributed by atoms with van der Waals surface area (Å²) >= 11 is 0. The van der Waals surface area contributed by atoms with Crippen LogP contribution in [0.4, 0.5) is 0 Å².